The Labute approximate surface area is 77.9 Å². The van der Waals surface area contributed by atoms with E-state index in [9.17, 15) is 4.79 Å². The van der Waals surface area contributed by atoms with Gasteiger partial charge in [0.15, 0.2) is 0 Å². The van der Waals surface area contributed by atoms with Gasteiger partial charge in [-0.1, -0.05) is 0 Å². The Morgan fingerprint density at radius 2 is 2.17 bits per heavy atom. The molecule has 0 radical (unpaired) electrons. The van der Waals surface area contributed by atoms with Crippen molar-refractivity contribution in [1.82, 2.24) is 5.32 Å². The molecule has 0 aromatic rings. The van der Waals surface area contributed by atoms with Crippen LogP contribution in [-0.2, 0) is 0 Å². The summed E-state index contributed by atoms with van der Waals surface area (Å²) < 4.78 is 0. The Hall–Kier alpha value is -0.480. The van der Waals surface area contributed by atoms with Crippen molar-refractivity contribution in [3.8, 4) is 0 Å². The van der Waals surface area contributed by atoms with E-state index in [-0.39, 0.29) is 24.5 Å². The summed E-state index contributed by atoms with van der Waals surface area (Å²) in [6.45, 7) is 0. The molecule has 0 aliphatic heterocycles. The van der Waals surface area contributed by atoms with Crippen LogP contribution in [0.15, 0.2) is 0 Å². The van der Waals surface area contributed by atoms with Crippen LogP contribution in [0.2, 0.25) is 0 Å². The Morgan fingerprint density at radius 3 is 2.67 bits per heavy atom. The first kappa shape index (κ1) is 11.5. The highest BCUT2D eigenvalue weighted by atomic mass is 35.5. The van der Waals surface area contributed by atoms with Crippen molar-refractivity contribution in [2.45, 2.75) is 37.8 Å². The molecule has 0 spiro atoms. The molecule has 1 saturated carbocycles. The SMILES string of the molecule is Cl.N[C@H]1CCC[C@@H](NC(=O)O)C1. The molecule has 0 heterocycles. The van der Waals surface area contributed by atoms with Gasteiger partial charge in [-0.25, -0.2) is 4.79 Å². The van der Waals surface area contributed by atoms with Gasteiger partial charge in [0, 0.05) is 12.1 Å². The maximum Gasteiger partial charge on any atom is 0.404 e. The average Bonchev–Trinajstić information content (AvgIpc) is 1.85. The number of carbonyl (C=O) groups is 1. The van der Waals surface area contributed by atoms with Crippen LogP contribution in [0.25, 0.3) is 0 Å². The lowest BCUT2D eigenvalue weighted by Crippen LogP contribution is -2.41. The van der Waals surface area contributed by atoms with E-state index in [4.69, 9.17) is 10.8 Å². The number of carboxylic acid groups (broad SMARTS) is 1. The molecule has 1 rings (SSSR count). The number of amides is 1. The van der Waals surface area contributed by atoms with Gasteiger partial charge >= 0.3 is 6.09 Å². The fraction of sp³-hybridized carbons (Fsp3) is 0.857. The van der Waals surface area contributed by atoms with Crippen LogP contribution in [0.5, 0.6) is 0 Å². The quantitative estimate of drug-likeness (QED) is 0.582. The summed E-state index contributed by atoms with van der Waals surface area (Å²) in [7, 11) is 0. The van der Waals surface area contributed by atoms with E-state index < -0.39 is 6.09 Å². The summed E-state index contributed by atoms with van der Waals surface area (Å²) in [5.41, 5.74) is 5.67. The van der Waals surface area contributed by atoms with Gasteiger partial charge in [-0.3, -0.25) is 0 Å². The summed E-state index contributed by atoms with van der Waals surface area (Å²) in [5, 5.41) is 10.8. The highest BCUT2D eigenvalue weighted by Crippen LogP contribution is 2.16. The summed E-state index contributed by atoms with van der Waals surface area (Å²) >= 11 is 0. The van der Waals surface area contributed by atoms with Gasteiger partial charge in [0.2, 0.25) is 0 Å². The number of nitrogens with two attached hydrogens (primary N) is 1. The number of hydrogen-bond donors (Lipinski definition) is 3. The zero-order chi connectivity index (χ0) is 8.27. The number of rotatable bonds is 1. The number of halogens is 1. The van der Waals surface area contributed by atoms with E-state index in [1.54, 1.807) is 0 Å². The minimum atomic E-state index is -0.941. The highest BCUT2D eigenvalue weighted by molar-refractivity contribution is 5.85. The third-order valence-electron chi connectivity index (χ3n) is 2.04. The molecule has 5 heteroatoms. The van der Waals surface area contributed by atoms with Crippen LogP contribution in [0.4, 0.5) is 4.79 Å². The van der Waals surface area contributed by atoms with Crippen molar-refractivity contribution in [1.29, 1.82) is 0 Å². The second kappa shape index (κ2) is 5.22. The highest BCUT2D eigenvalue weighted by Gasteiger charge is 2.19. The predicted molar refractivity (Wildman–Crippen MR) is 48.6 cm³/mol. The molecular formula is C7H15ClN2O2. The fourth-order valence-corrected chi connectivity index (χ4v) is 1.53. The van der Waals surface area contributed by atoms with Crippen LogP contribution in [0, 0.1) is 0 Å². The summed E-state index contributed by atoms with van der Waals surface area (Å²) in [6, 6.07) is 0.261. The standard InChI is InChI=1S/C7H14N2O2.ClH/c8-5-2-1-3-6(4-5)9-7(10)11;/h5-6,9H,1-4,8H2,(H,10,11);1H/t5-,6+;/m0./s1. The molecule has 72 valence electrons. The lowest BCUT2D eigenvalue weighted by atomic mass is 9.92. The lowest BCUT2D eigenvalue weighted by molar-refractivity contribution is 0.184. The molecule has 0 bridgehead atoms. The number of hydrogen-bond acceptors (Lipinski definition) is 2. The molecule has 4 nitrogen and oxygen atoms in total. The van der Waals surface area contributed by atoms with Crippen LogP contribution in [0.3, 0.4) is 0 Å². The van der Waals surface area contributed by atoms with E-state index in [1.807, 2.05) is 0 Å². The van der Waals surface area contributed by atoms with Gasteiger partial charge in [-0.2, -0.15) is 0 Å². The van der Waals surface area contributed by atoms with E-state index >= 15 is 0 Å². The van der Waals surface area contributed by atoms with E-state index in [0.717, 1.165) is 25.7 Å². The van der Waals surface area contributed by atoms with Crippen LogP contribution >= 0.6 is 12.4 Å². The van der Waals surface area contributed by atoms with Crippen LogP contribution < -0.4 is 11.1 Å². The van der Waals surface area contributed by atoms with E-state index in [2.05, 4.69) is 5.32 Å². The van der Waals surface area contributed by atoms with Gasteiger partial charge in [0.25, 0.3) is 0 Å². The van der Waals surface area contributed by atoms with Gasteiger partial charge in [-0.15, -0.1) is 12.4 Å². The molecule has 12 heavy (non-hydrogen) atoms. The first-order valence-electron chi connectivity index (χ1n) is 3.93. The normalized spacial score (nSPS) is 28.8. The van der Waals surface area contributed by atoms with Crippen molar-refractivity contribution < 1.29 is 9.90 Å². The molecule has 4 N–H and O–H groups in total. The molecule has 0 unspecified atom stereocenters. The predicted octanol–water partition coefficient (Wildman–Crippen LogP) is 0.946. The zero-order valence-corrected chi connectivity index (χ0v) is 7.64. The van der Waals surface area contributed by atoms with Crippen molar-refractivity contribution in [2.75, 3.05) is 0 Å². The molecule has 2 atom stereocenters. The number of nitrogens with one attached hydrogen (secondary N) is 1. The summed E-state index contributed by atoms with van der Waals surface area (Å²) in [4.78, 5) is 10.2. The summed E-state index contributed by atoms with van der Waals surface area (Å²) in [5.74, 6) is 0. The van der Waals surface area contributed by atoms with Crippen molar-refractivity contribution in [3.05, 3.63) is 0 Å². The van der Waals surface area contributed by atoms with Gasteiger partial charge < -0.3 is 16.2 Å². The Bertz CT molecular complexity index is 154. The van der Waals surface area contributed by atoms with Gasteiger partial charge in [-0.05, 0) is 25.7 Å². The molecule has 1 aliphatic rings. The van der Waals surface area contributed by atoms with Crippen molar-refractivity contribution in [3.63, 3.8) is 0 Å². The molecular weight excluding hydrogens is 180 g/mol. The van der Waals surface area contributed by atoms with Gasteiger partial charge in [0.1, 0.15) is 0 Å². The second-order valence-corrected chi connectivity index (χ2v) is 3.07. The largest absolute Gasteiger partial charge is 0.465 e. The monoisotopic (exact) mass is 194 g/mol. The second-order valence-electron chi connectivity index (χ2n) is 3.07. The third-order valence-corrected chi connectivity index (χ3v) is 2.04. The minimum absolute atomic E-state index is 0. The Balaban J connectivity index is 0.00000121. The summed E-state index contributed by atoms with van der Waals surface area (Å²) in [6.07, 6.45) is 2.83. The zero-order valence-electron chi connectivity index (χ0n) is 6.82. The smallest absolute Gasteiger partial charge is 0.404 e. The maximum atomic E-state index is 10.2. The molecule has 1 aliphatic carbocycles. The Kier molecular flexibility index (Phi) is 5.01. The van der Waals surface area contributed by atoms with Crippen LogP contribution in [-0.4, -0.2) is 23.3 Å². The van der Waals surface area contributed by atoms with Crippen molar-refractivity contribution in [2.24, 2.45) is 5.73 Å². The van der Waals surface area contributed by atoms with Gasteiger partial charge in [0.05, 0.1) is 0 Å². The Morgan fingerprint density at radius 1 is 1.50 bits per heavy atom. The van der Waals surface area contributed by atoms with Crippen LogP contribution in [0.1, 0.15) is 25.7 Å². The topological polar surface area (TPSA) is 75.3 Å². The third kappa shape index (κ3) is 3.78. The average molecular weight is 195 g/mol. The van der Waals surface area contributed by atoms with Crippen molar-refractivity contribution >= 4 is 18.5 Å². The molecule has 1 amide bonds. The fourth-order valence-electron chi connectivity index (χ4n) is 1.53. The maximum absolute atomic E-state index is 10.2. The van der Waals surface area contributed by atoms with E-state index in [1.165, 1.54) is 0 Å². The lowest BCUT2D eigenvalue weighted by Gasteiger charge is -2.26. The molecule has 0 aromatic carbocycles. The minimum Gasteiger partial charge on any atom is -0.465 e. The molecule has 0 saturated heterocycles. The first-order valence-corrected chi connectivity index (χ1v) is 3.93. The molecule has 0 aromatic heterocycles. The van der Waals surface area contributed by atoms with E-state index in [0.29, 0.717) is 0 Å². The molecule has 1 fully saturated rings. The first-order chi connectivity index (χ1) is 5.18.